The number of aliphatic imine (C=N–C) groups is 1. The van der Waals surface area contributed by atoms with E-state index in [1.807, 2.05) is 0 Å². The number of nitrogens with zero attached hydrogens (tertiary/aromatic N) is 1. The normalized spacial score (nSPS) is 11.6. The molecule has 0 radical (unpaired) electrons. The summed E-state index contributed by atoms with van der Waals surface area (Å²) in [4.78, 5) is 4.09. The van der Waals surface area contributed by atoms with Crippen LogP contribution in [0.3, 0.4) is 0 Å². The van der Waals surface area contributed by atoms with Gasteiger partial charge < -0.3 is 15.2 Å². The van der Waals surface area contributed by atoms with Crippen molar-refractivity contribution in [3.05, 3.63) is 0 Å². The third-order valence-corrected chi connectivity index (χ3v) is 1.80. The summed E-state index contributed by atoms with van der Waals surface area (Å²) in [6, 6.07) is 0. The van der Waals surface area contributed by atoms with E-state index in [1.165, 1.54) is 0 Å². The van der Waals surface area contributed by atoms with Crippen molar-refractivity contribution in [1.82, 2.24) is 0 Å². The van der Waals surface area contributed by atoms with Crippen molar-refractivity contribution in [2.24, 2.45) is 10.7 Å². The van der Waals surface area contributed by atoms with Crippen molar-refractivity contribution in [2.45, 2.75) is 19.1 Å². The molecule has 4 nitrogen and oxygen atoms in total. The van der Waals surface area contributed by atoms with Crippen molar-refractivity contribution < 1.29 is 9.47 Å². The van der Waals surface area contributed by atoms with Crippen LogP contribution in [0.1, 0.15) is 12.8 Å². The van der Waals surface area contributed by atoms with Crippen molar-refractivity contribution in [2.75, 3.05) is 26.6 Å². The minimum Gasteiger partial charge on any atom is -0.387 e. The molecule has 0 aliphatic rings. The Morgan fingerprint density at radius 2 is 2.00 bits per heavy atom. The quantitative estimate of drug-likeness (QED) is 0.319. The molecule has 0 heterocycles. The number of hydrogen-bond acceptors (Lipinski definition) is 3. The molecule has 0 aliphatic carbocycles. The van der Waals surface area contributed by atoms with Crippen LogP contribution in [0.4, 0.5) is 0 Å². The summed E-state index contributed by atoms with van der Waals surface area (Å²) in [7, 11) is 3.14. The lowest BCUT2D eigenvalue weighted by Gasteiger charge is -2.10. The Kier molecular flexibility index (Phi) is 12.9. The van der Waals surface area contributed by atoms with E-state index < -0.39 is 0 Å². The number of hydrogen-bond donors (Lipinski definition) is 1. The van der Waals surface area contributed by atoms with Gasteiger partial charge in [0.15, 0.2) is 6.29 Å². The number of nitrogens with two attached hydrogens (primary N) is 1. The van der Waals surface area contributed by atoms with Gasteiger partial charge in [-0.3, -0.25) is 4.99 Å². The maximum atomic E-state index is 5.60. The number of ether oxygens (including phenoxy) is 2. The molecule has 0 rings (SSSR count). The van der Waals surface area contributed by atoms with E-state index >= 15 is 0 Å². The molecule has 0 amide bonds. The first-order chi connectivity index (χ1) is 6.24. The summed E-state index contributed by atoms with van der Waals surface area (Å²) in [6.07, 6.45) is 1.26. The first-order valence-electron chi connectivity index (χ1n) is 4.15. The predicted octanol–water partition coefficient (Wildman–Crippen LogP) is 1.40. The van der Waals surface area contributed by atoms with E-state index in [9.17, 15) is 0 Å². The summed E-state index contributed by atoms with van der Waals surface area (Å²) in [5.41, 5.74) is 5.60. The summed E-state index contributed by atoms with van der Waals surface area (Å²) in [5.74, 6) is 1.20. The van der Waals surface area contributed by atoms with Crippen LogP contribution in [0.25, 0.3) is 0 Å². The molecule has 0 saturated heterocycles. The molecule has 2 N–H and O–H groups in total. The fraction of sp³-hybridized carbons (Fsp3) is 0.875. The van der Waals surface area contributed by atoms with Crippen molar-refractivity contribution in [3.8, 4) is 0 Å². The smallest absolute Gasteiger partial charge is 0.176 e. The third-order valence-electron chi connectivity index (χ3n) is 1.54. The van der Waals surface area contributed by atoms with Crippen LogP contribution in [0.2, 0.25) is 0 Å². The predicted molar refractivity (Wildman–Crippen MR) is 61.5 cm³/mol. The zero-order valence-corrected chi connectivity index (χ0v) is 10.1. The number of methoxy groups -OCH3 is 2. The van der Waals surface area contributed by atoms with Gasteiger partial charge in [-0.1, -0.05) is 0 Å². The molecule has 0 aromatic rings. The molecule has 0 unspecified atom stereocenters. The Hall–Kier alpha value is -0.0300. The van der Waals surface area contributed by atoms with Crippen LogP contribution < -0.4 is 5.73 Å². The van der Waals surface area contributed by atoms with Crippen LogP contribution in [0, 0.1) is 0 Å². The minimum atomic E-state index is -0.311. The Balaban J connectivity index is 0. The molecule has 0 aromatic carbocycles. The Morgan fingerprint density at radius 3 is 2.43 bits per heavy atom. The molecule has 0 fully saturated rings. The maximum absolute atomic E-state index is 5.60. The summed E-state index contributed by atoms with van der Waals surface area (Å²) < 4.78 is 9.89. The fourth-order valence-corrected chi connectivity index (χ4v) is 0.898. The Bertz CT molecular complexity index is 152. The van der Waals surface area contributed by atoms with Gasteiger partial charge in [0.05, 0.1) is 12.4 Å². The van der Waals surface area contributed by atoms with E-state index in [-0.39, 0.29) is 18.7 Å². The highest BCUT2D eigenvalue weighted by Gasteiger charge is 2.02. The molecule has 0 aliphatic heterocycles. The SMILES string of the molecule is COC(CN=C(N)CCCCl)OC.Cl. The standard InChI is InChI=1S/C8H17ClN2O2.ClH/c1-12-8(13-2)6-11-7(10)4-3-5-9;/h8H,3-6H2,1-2H3,(H2,10,11);1H. The fourth-order valence-electron chi connectivity index (χ4n) is 0.764. The minimum absolute atomic E-state index is 0. The molecule has 14 heavy (non-hydrogen) atoms. The summed E-state index contributed by atoms with van der Waals surface area (Å²) in [5, 5.41) is 0. The number of amidine groups is 1. The van der Waals surface area contributed by atoms with Crippen LogP contribution in [0.15, 0.2) is 4.99 Å². The molecular formula is C8H18Cl2N2O2. The van der Waals surface area contributed by atoms with E-state index in [2.05, 4.69) is 4.99 Å². The molecule has 0 bridgehead atoms. The maximum Gasteiger partial charge on any atom is 0.176 e. The Labute approximate surface area is 96.2 Å². The number of rotatable bonds is 7. The van der Waals surface area contributed by atoms with E-state index in [0.29, 0.717) is 18.3 Å². The van der Waals surface area contributed by atoms with Crippen molar-refractivity contribution in [1.29, 1.82) is 0 Å². The Morgan fingerprint density at radius 1 is 1.43 bits per heavy atom. The largest absolute Gasteiger partial charge is 0.387 e. The van der Waals surface area contributed by atoms with Crippen LogP contribution in [-0.4, -0.2) is 38.8 Å². The first kappa shape index (κ1) is 16.4. The monoisotopic (exact) mass is 244 g/mol. The second-order valence-electron chi connectivity index (χ2n) is 2.53. The van der Waals surface area contributed by atoms with Gasteiger partial charge in [0.1, 0.15) is 0 Å². The van der Waals surface area contributed by atoms with Crippen LogP contribution in [0.5, 0.6) is 0 Å². The summed E-state index contributed by atoms with van der Waals surface area (Å²) in [6.45, 7) is 0.432. The van der Waals surface area contributed by atoms with Gasteiger partial charge in [-0.05, 0) is 6.42 Å². The zero-order chi connectivity index (χ0) is 10.1. The van der Waals surface area contributed by atoms with E-state index in [0.717, 1.165) is 12.8 Å². The van der Waals surface area contributed by atoms with Gasteiger partial charge in [0.2, 0.25) is 0 Å². The lowest BCUT2D eigenvalue weighted by Crippen LogP contribution is -2.20. The molecular weight excluding hydrogens is 227 g/mol. The van der Waals surface area contributed by atoms with Gasteiger partial charge in [-0.25, -0.2) is 0 Å². The van der Waals surface area contributed by atoms with Crippen molar-refractivity contribution >= 4 is 29.8 Å². The van der Waals surface area contributed by atoms with Gasteiger partial charge in [-0.2, -0.15) is 0 Å². The lowest BCUT2D eigenvalue weighted by atomic mass is 10.3. The van der Waals surface area contributed by atoms with Gasteiger partial charge in [-0.15, -0.1) is 24.0 Å². The average molecular weight is 245 g/mol. The molecule has 6 heteroatoms. The van der Waals surface area contributed by atoms with Gasteiger partial charge in [0, 0.05) is 26.5 Å². The summed E-state index contributed by atoms with van der Waals surface area (Å²) >= 11 is 5.50. The first-order valence-corrected chi connectivity index (χ1v) is 4.68. The van der Waals surface area contributed by atoms with Gasteiger partial charge >= 0.3 is 0 Å². The number of alkyl halides is 1. The van der Waals surface area contributed by atoms with Gasteiger partial charge in [0.25, 0.3) is 0 Å². The average Bonchev–Trinajstić information content (AvgIpc) is 2.16. The zero-order valence-electron chi connectivity index (χ0n) is 8.53. The second-order valence-corrected chi connectivity index (χ2v) is 2.90. The van der Waals surface area contributed by atoms with Crippen LogP contribution >= 0.6 is 24.0 Å². The molecule has 0 saturated carbocycles. The highest BCUT2D eigenvalue weighted by atomic mass is 35.5. The molecule has 86 valence electrons. The third kappa shape index (κ3) is 8.56. The highest BCUT2D eigenvalue weighted by Crippen LogP contribution is 1.95. The molecule has 0 spiro atoms. The molecule has 0 atom stereocenters. The highest BCUT2D eigenvalue weighted by molar-refractivity contribution is 6.17. The van der Waals surface area contributed by atoms with E-state index in [1.54, 1.807) is 14.2 Å². The van der Waals surface area contributed by atoms with Crippen molar-refractivity contribution in [3.63, 3.8) is 0 Å². The lowest BCUT2D eigenvalue weighted by molar-refractivity contribution is -0.0937. The topological polar surface area (TPSA) is 56.8 Å². The number of halogens is 2. The molecule has 0 aromatic heterocycles. The van der Waals surface area contributed by atoms with E-state index in [4.69, 9.17) is 26.8 Å². The second kappa shape index (κ2) is 11.0. The van der Waals surface area contributed by atoms with Crippen LogP contribution in [-0.2, 0) is 9.47 Å².